The van der Waals surface area contributed by atoms with E-state index >= 15 is 0 Å². The van der Waals surface area contributed by atoms with Gasteiger partial charge in [-0.3, -0.25) is 4.79 Å². The van der Waals surface area contributed by atoms with Gasteiger partial charge in [0.05, 0.1) is 11.4 Å². The van der Waals surface area contributed by atoms with Gasteiger partial charge in [0.2, 0.25) is 0 Å². The molecule has 6 nitrogen and oxygen atoms in total. The zero-order valence-electron chi connectivity index (χ0n) is 14.8. The maximum absolute atomic E-state index is 12.7. The van der Waals surface area contributed by atoms with E-state index in [1.165, 1.54) is 11.3 Å². The molecular weight excluding hydrogens is 358 g/mol. The molecule has 1 saturated heterocycles. The molecule has 1 amide bonds. The number of para-hydroxylation sites is 3. The molecule has 1 aliphatic rings. The third-order valence-electron chi connectivity index (χ3n) is 4.37. The van der Waals surface area contributed by atoms with E-state index in [0.717, 1.165) is 43.2 Å². The van der Waals surface area contributed by atoms with E-state index in [9.17, 15) is 4.79 Å². The fourth-order valence-electron chi connectivity index (χ4n) is 3.03. The molecule has 2 aromatic carbocycles. The molecule has 138 valence electrons. The Morgan fingerprint density at radius 2 is 1.78 bits per heavy atom. The van der Waals surface area contributed by atoms with Gasteiger partial charge in [-0.25, -0.2) is 4.98 Å². The van der Waals surface area contributed by atoms with Gasteiger partial charge in [0.1, 0.15) is 5.69 Å². The van der Waals surface area contributed by atoms with Gasteiger partial charge < -0.3 is 20.9 Å². The number of thiazole rings is 1. The van der Waals surface area contributed by atoms with Crippen LogP contribution in [0.5, 0.6) is 0 Å². The molecule has 0 bridgehead atoms. The van der Waals surface area contributed by atoms with Gasteiger partial charge in [0.25, 0.3) is 5.91 Å². The lowest BCUT2D eigenvalue weighted by Crippen LogP contribution is -2.43. The van der Waals surface area contributed by atoms with Crippen molar-refractivity contribution in [3.8, 4) is 0 Å². The monoisotopic (exact) mass is 379 g/mol. The topological polar surface area (TPSA) is 69.3 Å². The summed E-state index contributed by atoms with van der Waals surface area (Å²) in [4.78, 5) is 19.4. The van der Waals surface area contributed by atoms with E-state index in [1.807, 2.05) is 54.6 Å². The Kier molecular flexibility index (Phi) is 5.32. The molecule has 0 radical (unpaired) electrons. The van der Waals surface area contributed by atoms with Gasteiger partial charge in [-0.1, -0.05) is 30.3 Å². The van der Waals surface area contributed by atoms with Crippen LogP contribution in [-0.2, 0) is 0 Å². The quantitative estimate of drug-likeness (QED) is 0.633. The number of carbonyl (C=O) groups excluding carboxylic acids is 1. The first-order chi connectivity index (χ1) is 13.3. The summed E-state index contributed by atoms with van der Waals surface area (Å²) >= 11 is 1.41. The number of aromatic nitrogens is 1. The lowest BCUT2D eigenvalue weighted by atomic mass is 10.2. The highest BCUT2D eigenvalue weighted by molar-refractivity contribution is 7.14. The van der Waals surface area contributed by atoms with Gasteiger partial charge in [-0.15, -0.1) is 11.3 Å². The highest BCUT2D eigenvalue weighted by atomic mass is 32.1. The Balaban J connectivity index is 1.47. The van der Waals surface area contributed by atoms with Crippen molar-refractivity contribution in [3.05, 3.63) is 65.7 Å². The summed E-state index contributed by atoms with van der Waals surface area (Å²) in [6, 6.07) is 17.7. The number of benzene rings is 2. The molecule has 3 N–H and O–H groups in total. The van der Waals surface area contributed by atoms with Crippen LogP contribution in [0, 0.1) is 0 Å². The minimum absolute atomic E-state index is 0.199. The van der Waals surface area contributed by atoms with Gasteiger partial charge in [0, 0.05) is 37.2 Å². The fourth-order valence-corrected chi connectivity index (χ4v) is 3.74. The lowest BCUT2D eigenvalue weighted by Gasteiger charge is -2.31. The first-order valence-electron chi connectivity index (χ1n) is 8.93. The number of carbonyl (C=O) groups is 1. The highest BCUT2D eigenvalue weighted by Gasteiger charge is 2.17. The third-order valence-corrected chi connectivity index (χ3v) is 5.13. The fraction of sp³-hybridized carbons (Fsp3) is 0.200. The molecule has 0 saturated carbocycles. The van der Waals surface area contributed by atoms with E-state index in [-0.39, 0.29) is 5.91 Å². The maximum atomic E-state index is 12.7. The zero-order chi connectivity index (χ0) is 18.5. The van der Waals surface area contributed by atoms with E-state index in [2.05, 4.69) is 25.8 Å². The van der Waals surface area contributed by atoms with Crippen molar-refractivity contribution >= 4 is 39.4 Å². The van der Waals surface area contributed by atoms with Crippen LogP contribution >= 0.6 is 11.3 Å². The molecule has 3 aromatic rings. The molecular formula is C20H21N5OS. The van der Waals surface area contributed by atoms with Crippen molar-refractivity contribution in [2.45, 2.75) is 0 Å². The summed E-state index contributed by atoms with van der Waals surface area (Å²) in [5, 5.41) is 12.1. The second-order valence-electron chi connectivity index (χ2n) is 6.24. The van der Waals surface area contributed by atoms with Gasteiger partial charge in [0.15, 0.2) is 5.13 Å². The van der Waals surface area contributed by atoms with Crippen molar-refractivity contribution in [1.29, 1.82) is 0 Å². The summed E-state index contributed by atoms with van der Waals surface area (Å²) < 4.78 is 0. The SMILES string of the molecule is O=C(Nc1ccccc1N1CCNCC1)c1csc(Nc2ccccc2)n1. The average molecular weight is 379 g/mol. The van der Waals surface area contributed by atoms with E-state index in [1.54, 1.807) is 5.38 Å². The van der Waals surface area contributed by atoms with Gasteiger partial charge in [-0.2, -0.15) is 0 Å². The van der Waals surface area contributed by atoms with Crippen LogP contribution in [0.2, 0.25) is 0 Å². The van der Waals surface area contributed by atoms with Crippen molar-refractivity contribution < 1.29 is 4.79 Å². The lowest BCUT2D eigenvalue weighted by molar-refractivity contribution is 0.102. The normalized spacial score (nSPS) is 14.0. The van der Waals surface area contributed by atoms with Crippen molar-refractivity contribution in [2.24, 2.45) is 0 Å². The van der Waals surface area contributed by atoms with Gasteiger partial charge in [-0.05, 0) is 24.3 Å². The Labute approximate surface area is 162 Å². The molecule has 7 heteroatoms. The Morgan fingerprint density at radius 1 is 1.04 bits per heavy atom. The van der Waals surface area contributed by atoms with E-state index in [4.69, 9.17) is 0 Å². The van der Waals surface area contributed by atoms with Crippen molar-refractivity contribution in [1.82, 2.24) is 10.3 Å². The van der Waals surface area contributed by atoms with Gasteiger partial charge >= 0.3 is 0 Å². The standard InChI is InChI=1S/C20H21N5OS/c26-19(17-14-27-20(24-17)22-15-6-2-1-3-7-15)23-16-8-4-5-9-18(16)25-12-10-21-11-13-25/h1-9,14,21H,10-13H2,(H,22,24)(H,23,26). The average Bonchev–Trinajstić information content (AvgIpc) is 3.18. The van der Waals surface area contributed by atoms with Crippen molar-refractivity contribution in [3.63, 3.8) is 0 Å². The number of nitrogens with one attached hydrogen (secondary N) is 3. The van der Waals surface area contributed by atoms with Crippen LogP contribution in [0.15, 0.2) is 60.0 Å². The van der Waals surface area contributed by atoms with Crippen molar-refractivity contribution in [2.75, 3.05) is 41.7 Å². The number of rotatable bonds is 5. The molecule has 0 spiro atoms. The summed E-state index contributed by atoms with van der Waals surface area (Å²) in [5.74, 6) is -0.199. The number of hydrogen-bond acceptors (Lipinski definition) is 6. The Bertz CT molecular complexity index is 906. The smallest absolute Gasteiger partial charge is 0.275 e. The number of amides is 1. The first-order valence-corrected chi connectivity index (χ1v) is 9.81. The molecule has 2 heterocycles. The molecule has 0 unspecified atom stereocenters. The van der Waals surface area contributed by atoms with Crippen LogP contribution in [0.1, 0.15) is 10.5 Å². The number of piperazine rings is 1. The third kappa shape index (κ3) is 4.27. The van der Waals surface area contributed by atoms with Crippen LogP contribution in [0.25, 0.3) is 0 Å². The highest BCUT2D eigenvalue weighted by Crippen LogP contribution is 2.27. The molecule has 4 rings (SSSR count). The molecule has 0 atom stereocenters. The maximum Gasteiger partial charge on any atom is 0.275 e. The minimum atomic E-state index is -0.199. The predicted molar refractivity (Wildman–Crippen MR) is 111 cm³/mol. The second-order valence-corrected chi connectivity index (χ2v) is 7.10. The second kappa shape index (κ2) is 8.20. The Hall–Kier alpha value is -2.90. The number of anilines is 4. The van der Waals surface area contributed by atoms with E-state index in [0.29, 0.717) is 10.8 Å². The number of hydrogen-bond donors (Lipinski definition) is 3. The van der Waals surface area contributed by atoms with Crippen LogP contribution in [0.3, 0.4) is 0 Å². The minimum Gasteiger partial charge on any atom is -0.367 e. The predicted octanol–water partition coefficient (Wildman–Crippen LogP) is 3.55. The summed E-state index contributed by atoms with van der Waals surface area (Å²) in [7, 11) is 0. The van der Waals surface area contributed by atoms with Crippen LogP contribution < -0.4 is 20.9 Å². The van der Waals surface area contributed by atoms with Crippen LogP contribution in [-0.4, -0.2) is 37.1 Å². The summed E-state index contributed by atoms with van der Waals surface area (Å²) in [6.07, 6.45) is 0. The molecule has 1 aliphatic heterocycles. The largest absolute Gasteiger partial charge is 0.367 e. The molecule has 1 aromatic heterocycles. The number of nitrogens with zero attached hydrogens (tertiary/aromatic N) is 2. The van der Waals surface area contributed by atoms with E-state index < -0.39 is 0 Å². The molecule has 1 fully saturated rings. The van der Waals surface area contributed by atoms with Crippen LogP contribution in [0.4, 0.5) is 22.2 Å². The Morgan fingerprint density at radius 3 is 2.59 bits per heavy atom. The summed E-state index contributed by atoms with van der Waals surface area (Å²) in [5.41, 5.74) is 3.22. The molecule has 0 aliphatic carbocycles. The summed E-state index contributed by atoms with van der Waals surface area (Å²) in [6.45, 7) is 3.75. The first kappa shape index (κ1) is 17.5. The zero-order valence-corrected chi connectivity index (χ0v) is 15.6. The molecule has 27 heavy (non-hydrogen) atoms.